The summed E-state index contributed by atoms with van der Waals surface area (Å²) >= 11 is 0. The lowest BCUT2D eigenvalue weighted by atomic mass is 9.83. The van der Waals surface area contributed by atoms with E-state index in [1.807, 2.05) is 0 Å². The quantitative estimate of drug-likeness (QED) is 0.759. The number of pyridine rings is 1. The van der Waals surface area contributed by atoms with Gasteiger partial charge in [0.2, 0.25) is 5.91 Å². The number of anilines is 2. The summed E-state index contributed by atoms with van der Waals surface area (Å²) in [4.78, 5) is 32.0. The fraction of sp³-hybridized carbons (Fsp3) is 0.381. The number of aliphatic hydroxyl groups is 1. The normalized spacial score (nSPS) is 18.4. The van der Waals surface area contributed by atoms with Crippen LogP contribution in [0, 0.1) is 0 Å². The van der Waals surface area contributed by atoms with Crippen molar-refractivity contribution in [2.45, 2.75) is 24.6 Å². The van der Waals surface area contributed by atoms with E-state index >= 15 is 0 Å². The Kier molecular flexibility index (Phi) is 5.12. The molecule has 164 valence electrons. The van der Waals surface area contributed by atoms with Crippen molar-refractivity contribution in [1.82, 2.24) is 9.88 Å². The lowest BCUT2D eigenvalue weighted by Gasteiger charge is -2.39. The maximum atomic E-state index is 13.0. The van der Waals surface area contributed by atoms with Gasteiger partial charge in [0.25, 0.3) is 5.91 Å². The Balaban J connectivity index is 1.49. The summed E-state index contributed by atoms with van der Waals surface area (Å²) in [6, 6.07) is 6.26. The number of nitrogens with one attached hydrogen (secondary N) is 1. The van der Waals surface area contributed by atoms with Crippen molar-refractivity contribution in [3.63, 3.8) is 0 Å². The van der Waals surface area contributed by atoms with Gasteiger partial charge in [-0.25, -0.2) is 4.98 Å². The number of rotatable bonds is 2. The highest BCUT2D eigenvalue weighted by atomic mass is 19.4. The number of nitrogens with zero attached hydrogens (tertiary/aromatic N) is 3. The molecule has 1 aromatic heterocycles. The third kappa shape index (κ3) is 3.95. The van der Waals surface area contributed by atoms with E-state index in [-0.39, 0.29) is 49.9 Å². The highest BCUT2D eigenvalue weighted by molar-refractivity contribution is 6.03. The average molecular weight is 434 g/mol. The summed E-state index contributed by atoms with van der Waals surface area (Å²) < 4.78 is 39.1. The Morgan fingerprint density at radius 2 is 1.94 bits per heavy atom. The molecule has 2 N–H and O–H groups in total. The van der Waals surface area contributed by atoms with Gasteiger partial charge in [-0.2, -0.15) is 13.2 Å². The number of aromatic nitrogens is 1. The van der Waals surface area contributed by atoms with Crippen LogP contribution in [0.3, 0.4) is 0 Å². The van der Waals surface area contributed by atoms with Gasteiger partial charge in [0.15, 0.2) is 0 Å². The second-order valence-corrected chi connectivity index (χ2v) is 7.80. The number of benzene rings is 1. The molecular formula is C21H21F3N4O3. The van der Waals surface area contributed by atoms with Gasteiger partial charge >= 0.3 is 6.18 Å². The van der Waals surface area contributed by atoms with Gasteiger partial charge in [-0.3, -0.25) is 9.59 Å². The summed E-state index contributed by atoms with van der Waals surface area (Å²) in [6.45, 7) is 0.482. The van der Waals surface area contributed by atoms with Gasteiger partial charge < -0.3 is 20.2 Å². The van der Waals surface area contributed by atoms with Crippen LogP contribution < -0.4 is 10.2 Å². The smallest absolute Gasteiger partial charge is 0.385 e. The number of carbonyl (C=O) groups is 2. The highest BCUT2D eigenvalue weighted by Gasteiger charge is 2.38. The largest absolute Gasteiger partial charge is 0.416 e. The molecule has 1 aromatic carbocycles. The van der Waals surface area contributed by atoms with Crippen molar-refractivity contribution in [2.24, 2.45) is 0 Å². The first kappa shape index (κ1) is 21.1. The zero-order chi connectivity index (χ0) is 22.4. The molecule has 31 heavy (non-hydrogen) atoms. The number of carbonyl (C=O) groups excluding carboxylic acids is 2. The number of amides is 2. The SMILES string of the molecule is CN1C(=O)CNc2ncc(C(=O)N3CCC(O)(c4cccc(C(F)(F)F)c4)CC3)cc21. The Hall–Kier alpha value is -3.14. The molecule has 0 spiro atoms. The topological polar surface area (TPSA) is 85.8 Å². The van der Waals surface area contributed by atoms with Crippen molar-refractivity contribution < 1.29 is 27.9 Å². The number of likely N-dealkylation sites (tertiary alicyclic amines) is 1. The molecular weight excluding hydrogens is 413 g/mol. The third-order valence-electron chi connectivity index (χ3n) is 5.86. The Morgan fingerprint density at radius 3 is 2.61 bits per heavy atom. The first-order chi connectivity index (χ1) is 14.6. The van der Waals surface area contributed by atoms with E-state index in [2.05, 4.69) is 10.3 Å². The molecule has 2 aliphatic rings. The predicted molar refractivity (Wildman–Crippen MR) is 107 cm³/mol. The summed E-state index contributed by atoms with van der Waals surface area (Å²) in [5, 5.41) is 13.8. The molecule has 0 bridgehead atoms. The van der Waals surface area contributed by atoms with E-state index in [0.717, 1.165) is 12.1 Å². The Labute approximate surface area is 176 Å². The molecule has 4 rings (SSSR count). The Morgan fingerprint density at radius 1 is 1.23 bits per heavy atom. The molecule has 2 amide bonds. The maximum Gasteiger partial charge on any atom is 0.416 e. The Bertz CT molecular complexity index is 1030. The number of halogens is 3. The van der Waals surface area contributed by atoms with Gasteiger partial charge in [-0.05, 0) is 36.6 Å². The van der Waals surface area contributed by atoms with E-state index in [9.17, 15) is 27.9 Å². The molecule has 3 heterocycles. The van der Waals surface area contributed by atoms with Crippen LogP contribution in [0.1, 0.15) is 34.3 Å². The van der Waals surface area contributed by atoms with E-state index in [0.29, 0.717) is 17.1 Å². The number of hydrogen-bond donors (Lipinski definition) is 2. The summed E-state index contributed by atoms with van der Waals surface area (Å²) in [6.07, 6.45) is -2.85. The molecule has 10 heteroatoms. The molecule has 0 radical (unpaired) electrons. The highest BCUT2D eigenvalue weighted by Crippen LogP contribution is 2.37. The van der Waals surface area contributed by atoms with E-state index in [4.69, 9.17) is 0 Å². The van der Waals surface area contributed by atoms with Crippen LogP contribution in [0.4, 0.5) is 24.7 Å². The molecule has 7 nitrogen and oxygen atoms in total. The van der Waals surface area contributed by atoms with Crippen LogP contribution in [-0.4, -0.2) is 53.5 Å². The molecule has 1 saturated heterocycles. The van der Waals surface area contributed by atoms with E-state index < -0.39 is 17.3 Å². The van der Waals surface area contributed by atoms with E-state index in [1.54, 1.807) is 13.1 Å². The fourth-order valence-electron chi connectivity index (χ4n) is 3.91. The van der Waals surface area contributed by atoms with Crippen molar-refractivity contribution in [3.05, 3.63) is 53.2 Å². The summed E-state index contributed by atoms with van der Waals surface area (Å²) in [5.41, 5.74) is -1.27. The number of alkyl halides is 3. The summed E-state index contributed by atoms with van der Waals surface area (Å²) in [7, 11) is 1.61. The lowest BCUT2D eigenvalue weighted by molar-refractivity contribution is -0.137. The average Bonchev–Trinajstić information content (AvgIpc) is 2.76. The molecule has 2 aromatic rings. The van der Waals surface area contributed by atoms with Crippen LogP contribution in [0.25, 0.3) is 0 Å². The number of piperidine rings is 1. The second kappa shape index (κ2) is 7.52. The first-order valence-electron chi connectivity index (χ1n) is 9.78. The van der Waals surface area contributed by atoms with E-state index in [1.165, 1.54) is 28.1 Å². The zero-order valence-electron chi connectivity index (χ0n) is 16.7. The minimum absolute atomic E-state index is 0.109. The van der Waals surface area contributed by atoms with Gasteiger partial charge in [-0.15, -0.1) is 0 Å². The van der Waals surface area contributed by atoms with Crippen LogP contribution in [0.15, 0.2) is 36.5 Å². The molecule has 0 aliphatic carbocycles. The van der Waals surface area contributed by atoms with Crippen molar-refractivity contribution >= 4 is 23.3 Å². The zero-order valence-corrected chi connectivity index (χ0v) is 16.7. The van der Waals surface area contributed by atoms with Crippen LogP contribution in [0.2, 0.25) is 0 Å². The lowest BCUT2D eigenvalue weighted by Crippen LogP contribution is -2.45. The molecule has 2 aliphatic heterocycles. The molecule has 0 atom stereocenters. The molecule has 0 unspecified atom stereocenters. The standard InChI is InChI=1S/C21H21F3N4O3/c1-27-16-9-13(11-25-18(16)26-12-17(27)29)19(30)28-7-5-20(31,6-8-28)14-3-2-4-15(10-14)21(22,23)24/h2-4,9-11,31H,5-8,12H2,1H3,(H,25,26). The van der Waals surface area contributed by atoms with Crippen LogP contribution >= 0.6 is 0 Å². The van der Waals surface area contributed by atoms with Crippen molar-refractivity contribution in [3.8, 4) is 0 Å². The third-order valence-corrected chi connectivity index (χ3v) is 5.86. The fourth-order valence-corrected chi connectivity index (χ4v) is 3.91. The second-order valence-electron chi connectivity index (χ2n) is 7.80. The minimum Gasteiger partial charge on any atom is -0.385 e. The van der Waals surface area contributed by atoms with Crippen molar-refractivity contribution in [1.29, 1.82) is 0 Å². The monoisotopic (exact) mass is 434 g/mol. The number of hydrogen-bond acceptors (Lipinski definition) is 5. The number of likely N-dealkylation sites (N-methyl/N-ethyl adjacent to an activating group) is 1. The predicted octanol–water partition coefficient (Wildman–Crippen LogP) is 2.61. The van der Waals surface area contributed by atoms with Crippen LogP contribution in [-0.2, 0) is 16.6 Å². The molecule has 0 saturated carbocycles. The first-order valence-corrected chi connectivity index (χ1v) is 9.78. The maximum absolute atomic E-state index is 13.0. The number of fused-ring (bicyclic) bond motifs is 1. The summed E-state index contributed by atoms with van der Waals surface area (Å²) in [5.74, 6) is 0.0482. The molecule has 1 fully saturated rings. The van der Waals surface area contributed by atoms with Gasteiger partial charge in [0, 0.05) is 26.3 Å². The minimum atomic E-state index is -4.49. The van der Waals surface area contributed by atoms with Crippen LogP contribution in [0.5, 0.6) is 0 Å². The van der Waals surface area contributed by atoms with Crippen molar-refractivity contribution in [2.75, 3.05) is 36.9 Å². The van der Waals surface area contributed by atoms with Gasteiger partial charge in [0.05, 0.1) is 29.0 Å². The van der Waals surface area contributed by atoms with Gasteiger partial charge in [0.1, 0.15) is 5.82 Å². The van der Waals surface area contributed by atoms with Gasteiger partial charge in [-0.1, -0.05) is 12.1 Å².